The third-order valence-electron chi connectivity index (χ3n) is 3.94. The summed E-state index contributed by atoms with van der Waals surface area (Å²) in [5.41, 5.74) is 3.94. The van der Waals surface area contributed by atoms with Crippen LogP contribution in [0.4, 0.5) is 5.95 Å². The average molecular weight is 309 g/mol. The highest BCUT2D eigenvalue weighted by Crippen LogP contribution is 2.26. The normalized spacial score (nSPS) is 13.1. The van der Waals surface area contributed by atoms with Crippen LogP contribution in [0.15, 0.2) is 28.8 Å². The van der Waals surface area contributed by atoms with Crippen molar-refractivity contribution in [2.24, 2.45) is 0 Å². The van der Waals surface area contributed by atoms with Gasteiger partial charge in [-0.15, -0.1) is 5.10 Å². The summed E-state index contributed by atoms with van der Waals surface area (Å²) in [6, 6.07) is 7.85. The molecule has 2 N–H and O–H groups in total. The molecule has 1 amide bonds. The molecule has 7 nitrogen and oxygen atoms in total. The predicted octanol–water partition coefficient (Wildman–Crippen LogP) is 2.51. The van der Waals surface area contributed by atoms with Gasteiger partial charge in [-0.3, -0.25) is 15.2 Å². The highest BCUT2D eigenvalue weighted by atomic mass is 16.5. The van der Waals surface area contributed by atoms with E-state index in [1.54, 1.807) is 13.0 Å². The van der Waals surface area contributed by atoms with E-state index in [9.17, 15) is 4.79 Å². The van der Waals surface area contributed by atoms with E-state index >= 15 is 0 Å². The standard InChI is InChI=1S/C16H15N5O2/c1-9-7-13(21-23-9)15(22)18-16-17-14(19-20-16)12-6-5-10-3-2-4-11(10)8-12/h5-8H,2-4H2,1H3,(H2,17,18,19,20,22). The van der Waals surface area contributed by atoms with Crippen LogP contribution in [-0.4, -0.2) is 26.2 Å². The predicted molar refractivity (Wildman–Crippen MR) is 83.0 cm³/mol. The van der Waals surface area contributed by atoms with Crippen molar-refractivity contribution in [2.45, 2.75) is 26.2 Å². The molecule has 1 aromatic carbocycles. The van der Waals surface area contributed by atoms with Crippen LogP contribution in [0.1, 0.15) is 33.8 Å². The number of aryl methyl sites for hydroxylation is 3. The Morgan fingerprint density at radius 2 is 2.13 bits per heavy atom. The lowest BCUT2D eigenvalue weighted by atomic mass is 10.1. The Morgan fingerprint density at radius 1 is 1.26 bits per heavy atom. The van der Waals surface area contributed by atoms with Crippen molar-refractivity contribution in [1.29, 1.82) is 0 Å². The third-order valence-corrected chi connectivity index (χ3v) is 3.94. The summed E-state index contributed by atoms with van der Waals surface area (Å²) < 4.78 is 4.88. The van der Waals surface area contributed by atoms with Gasteiger partial charge in [0.05, 0.1) is 0 Å². The summed E-state index contributed by atoms with van der Waals surface area (Å²) in [5, 5.41) is 13.2. The molecule has 0 saturated heterocycles. The van der Waals surface area contributed by atoms with Crippen molar-refractivity contribution in [3.05, 3.63) is 46.8 Å². The lowest BCUT2D eigenvalue weighted by Crippen LogP contribution is -2.13. The minimum Gasteiger partial charge on any atom is -0.361 e. The van der Waals surface area contributed by atoms with Gasteiger partial charge in [0.1, 0.15) is 5.76 Å². The number of hydrogen-bond donors (Lipinski definition) is 2. The fourth-order valence-electron chi connectivity index (χ4n) is 2.80. The number of carbonyl (C=O) groups excluding carboxylic acids is 1. The first-order chi connectivity index (χ1) is 11.2. The molecule has 1 aliphatic rings. The molecule has 23 heavy (non-hydrogen) atoms. The number of fused-ring (bicyclic) bond motifs is 1. The number of amides is 1. The van der Waals surface area contributed by atoms with Crippen LogP contribution < -0.4 is 5.32 Å². The van der Waals surface area contributed by atoms with Gasteiger partial charge in [-0.2, -0.15) is 4.98 Å². The van der Waals surface area contributed by atoms with Gasteiger partial charge in [-0.25, -0.2) is 0 Å². The fraction of sp³-hybridized carbons (Fsp3) is 0.250. The van der Waals surface area contributed by atoms with E-state index in [0.717, 1.165) is 18.4 Å². The molecule has 4 rings (SSSR count). The largest absolute Gasteiger partial charge is 0.361 e. The monoisotopic (exact) mass is 309 g/mol. The molecule has 0 saturated carbocycles. The van der Waals surface area contributed by atoms with Gasteiger partial charge in [0.2, 0.25) is 5.95 Å². The molecule has 0 radical (unpaired) electrons. The van der Waals surface area contributed by atoms with Crippen molar-refractivity contribution < 1.29 is 9.32 Å². The minimum atomic E-state index is -0.402. The quantitative estimate of drug-likeness (QED) is 0.775. The SMILES string of the molecule is Cc1cc(C(=O)Nc2n[nH]c(-c3ccc4c(c3)CCC4)n2)no1. The Kier molecular flexibility index (Phi) is 3.18. The second kappa shape index (κ2) is 5.35. The first kappa shape index (κ1) is 13.7. The fourth-order valence-corrected chi connectivity index (χ4v) is 2.80. The van der Waals surface area contributed by atoms with E-state index in [0.29, 0.717) is 11.6 Å². The van der Waals surface area contributed by atoms with Gasteiger partial charge in [-0.1, -0.05) is 17.3 Å². The average Bonchev–Trinajstić information content (AvgIpc) is 3.26. The summed E-state index contributed by atoms with van der Waals surface area (Å²) in [6.07, 6.45) is 3.45. The van der Waals surface area contributed by atoms with E-state index in [1.165, 1.54) is 17.5 Å². The third kappa shape index (κ3) is 2.61. The van der Waals surface area contributed by atoms with E-state index in [-0.39, 0.29) is 11.6 Å². The van der Waals surface area contributed by atoms with E-state index in [1.807, 2.05) is 6.07 Å². The molecular weight excluding hydrogens is 294 g/mol. The Balaban J connectivity index is 1.54. The zero-order chi connectivity index (χ0) is 15.8. The molecule has 3 aromatic rings. The molecule has 0 spiro atoms. The van der Waals surface area contributed by atoms with Crippen molar-refractivity contribution in [2.75, 3.05) is 5.32 Å². The molecular formula is C16H15N5O2. The van der Waals surface area contributed by atoms with Gasteiger partial charge in [0.25, 0.3) is 5.91 Å². The van der Waals surface area contributed by atoms with Crippen molar-refractivity contribution >= 4 is 11.9 Å². The zero-order valence-corrected chi connectivity index (χ0v) is 12.6. The van der Waals surface area contributed by atoms with E-state index in [4.69, 9.17) is 4.52 Å². The Labute approximate surface area is 132 Å². The molecule has 0 aliphatic heterocycles. The number of aromatic amines is 1. The number of nitrogens with one attached hydrogen (secondary N) is 2. The lowest BCUT2D eigenvalue weighted by Gasteiger charge is -2.01. The molecule has 1 aliphatic carbocycles. The van der Waals surface area contributed by atoms with Crippen molar-refractivity contribution in [1.82, 2.24) is 20.3 Å². The second-order valence-electron chi connectivity index (χ2n) is 5.62. The number of hydrogen-bond acceptors (Lipinski definition) is 5. The molecule has 2 heterocycles. The highest BCUT2D eigenvalue weighted by molar-refractivity contribution is 6.01. The molecule has 0 unspecified atom stereocenters. The molecule has 0 atom stereocenters. The molecule has 2 aromatic heterocycles. The lowest BCUT2D eigenvalue weighted by molar-refractivity contribution is 0.101. The van der Waals surface area contributed by atoms with Crippen LogP contribution in [0.5, 0.6) is 0 Å². The van der Waals surface area contributed by atoms with Gasteiger partial charge >= 0.3 is 0 Å². The van der Waals surface area contributed by atoms with Crippen LogP contribution in [-0.2, 0) is 12.8 Å². The highest BCUT2D eigenvalue weighted by Gasteiger charge is 2.16. The molecule has 7 heteroatoms. The van der Waals surface area contributed by atoms with Gasteiger partial charge < -0.3 is 4.52 Å². The number of carbonyl (C=O) groups is 1. The molecule has 0 bridgehead atoms. The van der Waals surface area contributed by atoms with Crippen molar-refractivity contribution in [3.8, 4) is 11.4 Å². The smallest absolute Gasteiger partial charge is 0.280 e. The Bertz CT molecular complexity index is 880. The van der Waals surface area contributed by atoms with Crippen molar-refractivity contribution in [3.63, 3.8) is 0 Å². The number of anilines is 1. The first-order valence-corrected chi connectivity index (χ1v) is 7.48. The number of aromatic nitrogens is 4. The van der Waals surface area contributed by atoms with Crippen LogP contribution in [0.2, 0.25) is 0 Å². The van der Waals surface area contributed by atoms with Crippen LogP contribution in [0.25, 0.3) is 11.4 Å². The topological polar surface area (TPSA) is 96.7 Å². The summed E-state index contributed by atoms with van der Waals surface area (Å²) in [7, 11) is 0. The summed E-state index contributed by atoms with van der Waals surface area (Å²) in [6.45, 7) is 1.72. The molecule has 0 fully saturated rings. The van der Waals surface area contributed by atoms with Gasteiger partial charge in [0.15, 0.2) is 11.5 Å². The maximum absolute atomic E-state index is 12.0. The summed E-state index contributed by atoms with van der Waals surface area (Å²) in [5.74, 6) is 1.02. The second-order valence-corrected chi connectivity index (χ2v) is 5.62. The Morgan fingerprint density at radius 3 is 2.96 bits per heavy atom. The van der Waals surface area contributed by atoms with Crippen LogP contribution in [0, 0.1) is 6.92 Å². The Hall–Kier alpha value is -2.96. The zero-order valence-electron chi connectivity index (χ0n) is 12.6. The maximum Gasteiger partial charge on any atom is 0.280 e. The molecule has 116 valence electrons. The number of rotatable bonds is 3. The first-order valence-electron chi connectivity index (χ1n) is 7.48. The van der Waals surface area contributed by atoms with Crippen LogP contribution in [0.3, 0.4) is 0 Å². The van der Waals surface area contributed by atoms with Crippen LogP contribution >= 0.6 is 0 Å². The van der Waals surface area contributed by atoms with Gasteiger partial charge in [-0.05, 0) is 43.4 Å². The summed E-state index contributed by atoms with van der Waals surface area (Å²) >= 11 is 0. The van der Waals surface area contributed by atoms with E-state index in [2.05, 4.69) is 37.8 Å². The summed E-state index contributed by atoms with van der Waals surface area (Å²) in [4.78, 5) is 16.3. The maximum atomic E-state index is 12.0. The minimum absolute atomic E-state index is 0.200. The van der Waals surface area contributed by atoms with E-state index < -0.39 is 5.91 Å². The number of benzene rings is 1. The number of nitrogens with zero attached hydrogens (tertiary/aromatic N) is 3. The van der Waals surface area contributed by atoms with Gasteiger partial charge in [0, 0.05) is 11.6 Å². The number of H-pyrrole nitrogens is 1.